The van der Waals surface area contributed by atoms with E-state index in [0.29, 0.717) is 5.41 Å². The van der Waals surface area contributed by atoms with Crippen molar-refractivity contribution < 1.29 is 4.79 Å². The Kier molecular flexibility index (Phi) is 3.87. The topological polar surface area (TPSA) is 29.1 Å². The van der Waals surface area contributed by atoms with Gasteiger partial charge in [-0.15, -0.1) is 0 Å². The zero-order chi connectivity index (χ0) is 12.3. The van der Waals surface area contributed by atoms with Crippen molar-refractivity contribution in [1.29, 1.82) is 0 Å². The highest BCUT2D eigenvalue weighted by Gasteiger charge is 2.28. The molecule has 1 aliphatic carbocycles. The lowest BCUT2D eigenvalue weighted by Gasteiger charge is -2.23. The van der Waals surface area contributed by atoms with Crippen LogP contribution in [0.4, 0.5) is 0 Å². The van der Waals surface area contributed by atoms with E-state index in [2.05, 4.69) is 28.2 Å². The van der Waals surface area contributed by atoms with E-state index in [1.54, 1.807) is 0 Å². The van der Waals surface area contributed by atoms with Gasteiger partial charge in [0.1, 0.15) is 0 Å². The van der Waals surface area contributed by atoms with E-state index in [-0.39, 0.29) is 5.91 Å². The van der Waals surface area contributed by atoms with E-state index < -0.39 is 0 Å². The first-order chi connectivity index (χ1) is 8.09. The van der Waals surface area contributed by atoms with Gasteiger partial charge in [0.25, 0.3) is 5.91 Å². The molecule has 0 heterocycles. The van der Waals surface area contributed by atoms with Crippen molar-refractivity contribution >= 4 is 21.8 Å². The van der Waals surface area contributed by atoms with Crippen molar-refractivity contribution in [2.24, 2.45) is 5.41 Å². The van der Waals surface area contributed by atoms with E-state index in [1.165, 1.54) is 25.7 Å². The van der Waals surface area contributed by atoms with Gasteiger partial charge in [-0.05, 0) is 42.5 Å². The van der Waals surface area contributed by atoms with Crippen molar-refractivity contribution in [2.45, 2.75) is 32.6 Å². The number of hydrogen-bond acceptors (Lipinski definition) is 1. The molecule has 1 aromatic rings. The molecule has 0 aliphatic heterocycles. The molecule has 2 rings (SSSR count). The molecule has 0 saturated heterocycles. The molecule has 1 fully saturated rings. The zero-order valence-corrected chi connectivity index (χ0v) is 11.7. The molecular formula is C14H18BrNO. The van der Waals surface area contributed by atoms with E-state index in [0.717, 1.165) is 16.6 Å². The normalized spacial score (nSPS) is 18.0. The van der Waals surface area contributed by atoms with Crippen molar-refractivity contribution in [1.82, 2.24) is 5.32 Å². The fourth-order valence-electron chi connectivity index (χ4n) is 2.40. The molecule has 1 amide bonds. The minimum atomic E-state index is 0.0330. The first kappa shape index (κ1) is 12.6. The Bertz CT molecular complexity index is 393. The minimum Gasteiger partial charge on any atom is -0.351 e. The van der Waals surface area contributed by atoms with Gasteiger partial charge >= 0.3 is 0 Å². The molecule has 0 spiro atoms. The van der Waals surface area contributed by atoms with Crippen LogP contribution in [0, 0.1) is 5.41 Å². The second-order valence-corrected chi connectivity index (χ2v) is 6.12. The quantitative estimate of drug-likeness (QED) is 0.904. The number of rotatable bonds is 3. The monoisotopic (exact) mass is 295 g/mol. The van der Waals surface area contributed by atoms with Crippen LogP contribution in [0.2, 0.25) is 0 Å². The van der Waals surface area contributed by atoms with E-state index in [9.17, 15) is 4.79 Å². The Hall–Kier alpha value is -0.830. The van der Waals surface area contributed by atoms with Gasteiger partial charge in [-0.25, -0.2) is 0 Å². The largest absolute Gasteiger partial charge is 0.351 e. The third-order valence-electron chi connectivity index (χ3n) is 3.59. The van der Waals surface area contributed by atoms with Crippen LogP contribution in [0.15, 0.2) is 28.7 Å². The predicted octanol–water partition coefficient (Wildman–Crippen LogP) is 3.76. The summed E-state index contributed by atoms with van der Waals surface area (Å²) in [6.45, 7) is 3.06. The molecule has 2 nitrogen and oxygen atoms in total. The Labute approximate surface area is 111 Å². The van der Waals surface area contributed by atoms with Gasteiger partial charge in [0.15, 0.2) is 0 Å². The van der Waals surface area contributed by atoms with Crippen molar-refractivity contribution in [3.63, 3.8) is 0 Å². The lowest BCUT2D eigenvalue weighted by molar-refractivity contribution is 0.0934. The van der Waals surface area contributed by atoms with Gasteiger partial charge in [-0.1, -0.05) is 35.7 Å². The van der Waals surface area contributed by atoms with E-state index >= 15 is 0 Å². The number of nitrogens with one attached hydrogen (secondary N) is 1. The minimum absolute atomic E-state index is 0.0330. The summed E-state index contributed by atoms with van der Waals surface area (Å²) in [4.78, 5) is 11.9. The van der Waals surface area contributed by atoms with Crippen LogP contribution in [0.5, 0.6) is 0 Å². The number of hydrogen-bond donors (Lipinski definition) is 1. The highest BCUT2D eigenvalue weighted by Crippen LogP contribution is 2.36. The summed E-state index contributed by atoms with van der Waals surface area (Å²) in [6, 6.07) is 7.48. The van der Waals surface area contributed by atoms with Crippen LogP contribution in [-0.2, 0) is 0 Å². The van der Waals surface area contributed by atoms with E-state index in [4.69, 9.17) is 0 Å². The fourth-order valence-corrected chi connectivity index (χ4v) is 2.67. The Morgan fingerprint density at radius 1 is 1.29 bits per heavy atom. The molecule has 0 bridgehead atoms. The molecule has 0 aromatic heterocycles. The summed E-state index contributed by atoms with van der Waals surface area (Å²) >= 11 is 3.36. The second-order valence-electron chi connectivity index (χ2n) is 5.21. The molecule has 1 aliphatic rings. The first-order valence-corrected chi connectivity index (χ1v) is 6.92. The Balaban J connectivity index is 1.91. The molecule has 1 N–H and O–H groups in total. The summed E-state index contributed by atoms with van der Waals surface area (Å²) in [7, 11) is 0. The number of carbonyl (C=O) groups is 1. The van der Waals surface area contributed by atoms with Crippen molar-refractivity contribution in [2.75, 3.05) is 6.54 Å². The number of carbonyl (C=O) groups excluding carboxylic acids is 1. The molecule has 0 radical (unpaired) electrons. The molecule has 3 heteroatoms. The molecule has 1 aromatic carbocycles. The number of halogens is 1. The van der Waals surface area contributed by atoms with Crippen LogP contribution in [0.3, 0.4) is 0 Å². The zero-order valence-electron chi connectivity index (χ0n) is 10.1. The summed E-state index contributed by atoms with van der Waals surface area (Å²) in [5.41, 5.74) is 1.04. The highest BCUT2D eigenvalue weighted by molar-refractivity contribution is 9.10. The smallest absolute Gasteiger partial charge is 0.251 e. The van der Waals surface area contributed by atoms with Gasteiger partial charge in [0.2, 0.25) is 0 Å². The summed E-state index contributed by atoms with van der Waals surface area (Å²) in [6.07, 6.45) is 5.05. The van der Waals surface area contributed by atoms with Crippen LogP contribution in [0.1, 0.15) is 43.0 Å². The molecular weight excluding hydrogens is 278 g/mol. The lowest BCUT2D eigenvalue weighted by atomic mass is 9.89. The molecule has 0 unspecified atom stereocenters. The van der Waals surface area contributed by atoms with Crippen LogP contribution >= 0.6 is 15.9 Å². The summed E-state index contributed by atoms with van der Waals surface area (Å²) in [5, 5.41) is 3.05. The van der Waals surface area contributed by atoms with Gasteiger partial charge in [0, 0.05) is 16.6 Å². The van der Waals surface area contributed by atoms with Gasteiger partial charge < -0.3 is 5.32 Å². The maximum Gasteiger partial charge on any atom is 0.251 e. The fraction of sp³-hybridized carbons (Fsp3) is 0.500. The van der Waals surface area contributed by atoms with Gasteiger partial charge in [-0.3, -0.25) is 4.79 Å². The van der Waals surface area contributed by atoms with Crippen molar-refractivity contribution in [3.05, 3.63) is 34.3 Å². The third-order valence-corrected chi connectivity index (χ3v) is 4.12. The van der Waals surface area contributed by atoms with Gasteiger partial charge in [0.05, 0.1) is 0 Å². The Morgan fingerprint density at radius 3 is 2.47 bits per heavy atom. The SMILES string of the molecule is CC1(CNC(=O)c2ccc(Br)cc2)CCCC1. The van der Waals surface area contributed by atoms with E-state index in [1.807, 2.05) is 24.3 Å². The maximum atomic E-state index is 11.9. The average Bonchev–Trinajstić information content (AvgIpc) is 2.75. The van der Waals surface area contributed by atoms with Gasteiger partial charge in [-0.2, -0.15) is 0 Å². The van der Waals surface area contributed by atoms with Crippen LogP contribution in [-0.4, -0.2) is 12.5 Å². The number of benzene rings is 1. The highest BCUT2D eigenvalue weighted by atomic mass is 79.9. The molecule has 17 heavy (non-hydrogen) atoms. The lowest BCUT2D eigenvalue weighted by Crippen LogP contribution is -2.34. The maximum absolute atomic E-state index is 11.9. The summed E-state index contributed by atoms with van der Waals surface area (Å²) < 4.78 is 0.997. The van der Waals surface area contributed by atoms with Crippen LogP contribution < -0.4 is 5.32 Å². The molecule has 92 valence electrons. The molecule has 1 saturated carbocycles. The first-order valence-electron chi connectivity index (χ1n) is 6.13. The Morgan fingerprint density at radius 2 is 1.88 bits per heavy atom. The third kappa shape index (κ3) is 3.32. The standard InChI is InChI=1S/C14H18BrNO/c1-14(8-2-3-9-14)10-16-13(17)11-4-6-12(15)7-5-11/h4-7H,2-3,8-10H2,1H3,(H,16,17). The second kappa shape index (κ2) is 5.21. The predicted molar refractivity (Wildman–Crippen MR) is 73.1 cm³/mol. The summed E-state index contributed by atoms with van der Waals surface area (Å²) in [5.74, 6) is 0.0330. The van der Waals surface area contributed by atoms with Crippen LogP contribution in [0.25, 0.3) is 0 Å². The van der Waals surface area contributed by atoms with Crippen molar-refractivity contribution in [3.8, 4) is 0 Å². The molecule has 0 atom stereocenters. The average molecular weight is 296 g/mol. The number of amides is 1.